The van der Waals surface area contributed by atoms with E-state index < -0.39 is 34.5 Å². The average Bonchev–Trinajstić information content (AvgIpc) is 3.15. The summed E-state index contributed by atoms with van der Waals surface area (Å²) in [7, 11) is 1.30. The van der Waals surface area contributed by atoms with Crippen LogP contribution in [-0.2, 0) is 28.6 Å². The minimum atomic E-state index is -1.71. The molecule has 0 saturated heterocycles. The largest absolute Gasteiger partial charge is 0.501 e. The van der Waals surface area contributed by atoms with Crippen LogP contribution in [0.1, 0.15) is 31.1 Å². The van der Waals surface area contributed by atoms with E-state index >= 15 is 0 Å². The van der Waals surface area contributed by atoms with E-state index in [0.717, 1.165) is 4.57 Å². The molecule has 0 bridgehead atoms. The van der Waals surface area contributed by atoms with Gasteiger partial charge in [-0.1, -0.05) is 12.1 Å². The standard InChI is InChI=1S/C19H18FN5O6/c1-19(2,22-14(27)17(29)30)18-21-12(13(26)16(28)25(18)3)15-24-23-11(31-15)8-9-4-6-10(20)7-5-9/h4-7,26H,8H2,1-3H3,(H,22,27)(H,29,30). The number of rotatable bonds is 5. The molecule has 2 aromatic heterocycles. The van der Waals surface area contributed by atoms with Crippen LogP contribution in [0.2, 0.25) is 0 Å². The van der Waals surface area contributed by atoms with Gasteiger partial charge in [0.2, 0.25) is 11.6 Å². The number of aliphatic carboxylic acids is 1. The highest BCUT2D eigenvalue weighted by Gasteiger charge is 2.32. The van der Waals surface area contributed by atoms with Crippen LogP contribution < -0.4 is 10.9 Å². The normalized spacial score (nSPS) is 11.4. The van der Waals surface area contributed by atoms with Gasteiger partial charge in [0.1, 0.15) is 11.6 Å². The fraction of sp³-hybridized carbons (Fsp3) is 0.263. The first kappa shape index (κ1) is 21.6. The van der Waals surface area contributed by atoms with Crippen molar-refractivity contribution in [2.45, 2.75) is 25.8 Å². The molecule has 0 fully saturated rings. The first-order valence-electron chi connectivity index (χ1n) is 8.92. The summed E-state index contributed by atoms with van der Waals surface area (Å²) in [5.41, 5.74) is -1.90. The van der Waals surface area contributed by atoms with Crippen LogP contribution >= 0.6 is 0 Å². The summed E-state index contributed by atoms with van der Waals surface area (Å²) in [5, 5.41) is 29.0. The highest BCUT2D eigenvalue weighted by molar-refractivity contribution is 6.31. The maximum atomic E-state index is 13.0. The number of carboxylic acid groups (broad SMARTS) is 1. The van der Waals surface area contributed by atoms with E-state index in [1.54, 1.807) is 12.1 Å². The zero-order valence-corrected chi connectivity index (χ0v) is 16.7. The van der Waals surface area contributed by atoms with E-state index in [-0.39, 0.29) is 29.7 Å². The van der Waals surface area contributed by atoms with Gasteiger partial charge in [-0.15, -0.1) is 10.2 Å². The van der Waals surface area contributed by atoms with Crippen LogP contribution in [0, 0.1) is 5.82 Å². The van der Waals surface area contributed by atoms with Crippen LogP contribution in [0.25, 0.3) is 11.6 Å². The summed E-state index contributed by atoms with van der Waals surface area (Å²) in [6, 6.07) is 5.64. The maximum absolute atomic E-state index is 13.0. The summed E-state index contributed by atoms with van der Waals surface area (Å²) in [5.74, 6) is -4.35. The van der Waals surface area contributed by atoms with E-state index in [9.17, 15) is 23.9 Å². The number of aromatic nitrogens is 4. The van der Waals surface area contributed by atoms with Crippen molar-refractivity contribution < 1.29 is 28.6 Å². The van der Waals surface area contributed by atoms with Crippen molar-refractivity contribution in [1.29, 1.82) is 0 Å². The third-order valence-electron chi connectivity index (χ3n) is 4.38. The van der Waals surface area contributed by atoms with Gasteiger partial charge in [-0.05, 0) is 31.5 Å². The minimum Gasteiger partial charge on any atom is -0.501 e. The molecule has 1 aromatic carbocycles. The number of carbonyl (C=O) groups excluding carboxylic acids is 1. The Bertz CT molecular complexity index is 1220. The van der Waals surface area contributed by atoms with Crippen LogP contribution in [0.4, 0.5) is 4.39 Å². The van der Waals surface area contributed by atoms with Gasteiger partial charge in [-0.3, -0.25) is 14.2 Å². The van der Waals surface area contributed by atoms with Gasteiger partial charge in [-0.2, -0.15) is 0 Å². The minimum absolute atomic E-state index is 0.0572. The van der Waals surface area contributed by atoms with Crippen LogP contribution in [-0.4, -0.2) is 41.8 Å². The van der Waals surface area contributed by atoms with Crippen molar-refractivity contribution in [3.63, 3.8) is 0 Å². The summed E-state index contributed by atoms with van der Waals surface area (Å²) >= 11 is 0. The molecule has 3 N–H and O–H groups in total. The van der Waals surface area contributed by atoms with Crippen molar-refractivity contribution >= 4 is 11.9 Å². The fourth-order valence-electron chi connectivity index (χ4n) is 2.89. The molecule has 0 aliphatic carbocycles. The van der Waals surface area contributed by atoms with Gasteiger partial charge in [0.25, 0.3) is 11.4 Å². The average molecular weight is 431 g/mol. The van der Waals surface area contributed by atoms with Crippen molar-refractivity contribution in [2.75, 3.05) is 0 Å². The van der Waals surface area contributed by atoms with E-state index in [2.05, 4.69) is 20.5 Å². The Labute approximate surface area is 174 Å². The molecule has 31 heavy (non-hydrogen) atoms. The molecule has 3 aromatic rings. The molecular weight excluding hydrogens is 413 g/mol. The molecule has 1 amide bonds. The third-order valence-corrected chi connectivity index (χ3v) is 4.38. The summed E-state index contributed by atoms with van der Waals surface area (Å²) < 4.78 is 19.5. The predicted octanol–water partition coefficient (Wildman–Crippen LogP) is 0.702. The van der Waals surface area contributed by atoms with Gasteiger partial charge >= 0.3 is 11.9 Å². The van der Waals surface area contributed by atoms with E-state index in [0.29, 0.717) is 5.56 Å². The number of amides is 1. The number of hydrogen-bond donors (Lipinski definition) is 3. The lowest BCUT2D eigenvalue weighted by molar-refractivity contribution is -0.151. The maximum Gasteiger partial charge on any atom is 0.394 e. The SMILES string of the molecule is Cn1c(C(C)(C)NC(=O)C(=O)O)nc(-c2nnc(Cc3ccc(F)cc3)o2)c(O)c1=O. The molecule has 0 aliphatic rings. The molecule has 0 saturated carbocycles. The third kappa shape index (κ3) is 4.42. The highest BCUT2D eigenvalue weighted by Crippen LogP contribution is 2.27. The first-order valence-corrected chi connectivity index (χ1v) is 8.92. The molecule has 0 radical (unpaired) electrons. The summed E-state index contributed by atoms with van der Waals surface area (Å²) in [6.07, 6.45) is 0.173. The monoisotopic (exact) mass is 431 g/mol. The van der Waals surface area contributed by atoms with Crippen LogP contribution in [0.15, 0.2) is 33.5 Å². The molecule has 3 rings (SSSR count). The van der Waals surface area contributed by atoms with Gasteiger partial charge in [-0.25, -0.2) is 14.2 Å². The van der Waals surface area contributed by atoms with Gasteiger partial charge < -0.3 is 19.9 Å². The summed E-state index contributed by atoms with van der Waals surface area (Å²) in [6.45, 7) is 2.87. The van der Waals surface area contributed by atoms with Crippen molar-refractivity contribution in [1.82, 2.24) is 25.1 Å². The topological polar surface area (TPSA) is 160 Å². The lowest BCUT2D eigenvalue weighted by atomic mass is 10.0. The zero-order chi connectivity index (χ0) is 22.9. The number of carbonyl (C=O) groups is 2. The lowest BCUT2D eigenvalue weighted by Crippen LogP contribution is -2.47. The van der Waals surface area contributed by atoms with Crippen molar-refractivity contribution in [3.8, 4) is 17.3 Å². The van der Waals surface area contributed by atoms with Gasteiger partial charge in [0, 0.05) is 7.05 Å². The Morgan fingerprint density at radius 1 is 1.23 bits per heavy atom. The van der Waals surface area contributed by atoms with Gasteiger partial charge in [0.05, 0.1) is 12.0 Å². The van der Waals surface area contributed by atoms with Crippen molar-refractivity contribution in [3.05, 3.63) is 57.7 Å². The fourth-order valence-corrected chi connectivity index (χ4v) is 2.89. The molecular formula is C19H18FN5O6. The molecule has 11 nitrogen and oxygen atoms in total. The number of hydrogen-bond acceptors (Lipinski definition) is 8. The number of nitrogens with zero attached hydrogens (tertiary/aromatic N) is 4. The van der Waals surface area contributed by atoms with E-state index in [4.69, 9.17) is 9.52 Å². The number of carboxylic acids is 1. The van der Waals surface area contributed by atoms with Crippen LogP contribution in [0.5, 0.6) is 5.75 Å². The lowest BCUT2D eigenvalue weighted by Gasteiger charge is -2.26. The van der Waals surface area contributed by atoms with Crippen molar-refractivity contribution in [2.24, 2.45) is 7.05 Å². The second-order valence-corrected chi connectivity index (χ2v) is 7.19. The second kappa shape index (κ2) is 7.97. The Balaban J connectivity index is 1.99. The van der Waals surface area contributed by atoms with Gasteiger partial charge in [0.15, 0.2) is 5.69 Å². The molecule has 0 aliphatic heterocycles. The quantitative estimate of drug-likeness (QED) is 0.494. The first-order chi connectivity index (χ1) is 14.5. The Hall–Kier alpha value is -4.09. The molecule has 0 unspecified atom stereocenters. The highest BCUT2D eigenvalue weighted by atomic mass is 19.1. The molecule has 0 spiro atoms. The Kier molecular flexibility index (Phi) is 5.56. The zero-order valence-electron chi connectivity index (χ0n) is 16.7. The van der Waals surface area contributed by atoms with Crippen LogP contribution in [0.3, 0.4) is 0 Å². The molecule has 162 valence electrons. The second-order valence-electron chi connectivity index (χ2n) is 7.19. The number of benzene rings is 1. The molecule has 2 heterocycles. The number of halogens is 1. The Morgan fingerprint density at radius 3 is 2.48 bits per heavy atom. The number of aromatic hydroxyl groups is 1. The predicted molar refractivity (Wildman–Crippen MR) is 102 cm³/mol. The van der Waals surface area contributed by atoms with E-state index in [1.165, 1.54) is 33.0 Å². The Morgan fingerprint density at radius 2 is 1.87 bits per heavy atom. The smallest absolute Gasteiger partial charge is 0.394 e. The number of nitrogens with one attached hydrogen (secondary N) is 1. The molecule has 0 atom stereocenters. The van der Waals surface area contributed by atoms with E-state index in [1.807, 2.05) is 0 Å². The summed E-state index contributed by atoms with van der Waals surface area (Å²) in [4.78, 5) is 39.2. The molecule has 12 heteroatoms.